The summed E-state index contributed by atoms with van der Waals surface area (Å²) in [6.07, 6.45) is 6.51. The van der Waals surface area contributed by atoms with Crippen LogP contribution in [0.3, 0.4) is 0 Å². The molecule has 1 aliphatic carbocycles. The number of rotatable bonds is 8. The van der Waals surface area contributed by atoms with Gasteiger partial charge in [0.05, 0.1) is 18.9 Å². The maximum Gasteiger partial charge on any atom is 0.387 e. The summed E-state index contributed by atoms with van der Waals surface area (Å²) >= 11 is 0. The van der Waals surface area contributed by atoms with E-state index in [-0.39, 0.29) is 11.6 Å². The number of nitrogens with two attached hydrogens (primary N) is 1. The van der Waals surface area contributed by atoms with E-state index < -0.39 is 6.61 Å². The van der Waals surface area contributed by atoms with Gasteiger partial charge in [0.1, 0.15) is 5.82 Å². The molecule has 2 fully saturated rings. The van der Waals surface area contributed by atoms with Gasteiger partial charge in [-0.2, -0.15) is 8.78 Å². The van der Waals surface area contributed by atoms with Crippen LogP contribution in [0.25, 0.3) is 11.3 Å². The van der Waals surface area contributed by atoms with E-state index in [1.165, 1.54) is 12.3 Å². The monoisotopic (exact) mass is 405 g/mol. The van der Waals surface area contributed by atoms with Crippen LogP contribution in [0.1, 0.15) is 31.0 Å². The summed E-state index contributed by atoms with van der Waals surface area (Å²) in [6, 6.07) is 1.46. The topological polar surface area (TPSA) is 78.4 Å². The number of allylic oxidation sites excluding steroid dienone is 1. The summed E-state index contributed by atoms with van der Waals surface area (Å²) in [5.41, 5.74) is 8.01. The van der Waals surface area contributed by atoms with E-state index in [0.717, 1.165) is 63.6 Å². The lowest BCUT2D eigenvalue weighted by molar-refractivity contribution is -0.0494. The Morgan fingerprint density at radius 2 is 2.10 bits per heavy atom. The van der Waals surface area contributed by atoms with Gasteiger partial charge in [0, 0.05) is 55.6 Å². The normalized spacial score (nSPS) is 17.0. The highest BCUT2D eigenvalue weighted by Crippen LogP contribution is 2.41. The molecule has 29 heavy (non-hydrogen) atoms. The van der Waals surface area contributed by atoms with Crippen molar-refractivity contribution in [1.82, 2.24) is 19.4 Å². The SMILES string of the molecule is C=C(CCn1cc(-c2cnc(N)c(OC(F)F)c2)nc1C1CC1)N1CCOCC1. The van der Waals surface area contributed by atoms with Crippen molar-refractivity contribution < 1.29 is 18.3 Å². The lowest BCUT2D eigenvalue weighted by Gasteiger charge is -2.30. The number of aromatic nitrogens is 3. The summed E-state index contributed by atoms with van der Waals surface area (Å²) in [5, 5.41) is 0. The number of alkyl halides is 2. The Morgan fingerprint density at radius 3 is 2.79 bits per heavy atom. The number of hydrogen-bond acceptors (Lipinski definition) is 6. The van der Waals surface area contributed by atoms with Gasteiger partial charge in [-0.15, -0.1) is 0 Å². The number of pyridine rings is 1. The molecule has 0 bridgehead atoms. The zero-order valence-corrected chi connectivity index (χ0v) is 16.2. The van der Waals surface area contributed by atoms with Crippen molar-refractivity contribution in [3.8, 4) is 17.0 Å². The molecule has 0 atom stereocenters. The average molecular weight is 405 g/mol. The molecule has 7 nitrogen and oxygen atoms in total. The Labute approximate surface area is 168 Å². The summed E-state index contributed by atoms with van der Waals surface area (Å²) in [4.78, 5) is 11.0. The van der Waals surface area contributed by atoms with Crippen molar-refractivity contribution in [2.24, 2.45) is 0 Å². The molecule has 0 radical (unpaired) electrons. The van der Waals surface area contributed by atoms with Crippen LogP contribution in [-0.2, 0) is 11.3 Å². The molecule has 1 saturated carbocycles. The summed E-state index contributed by atoms with van der Waals surface area (Å²) in [6.45, 7) is 5.22. The van der Waals surface area contributed by atoms with Crippen molar-refractivity contribution in [2.45, 2.75) is 38.3 Å². The fourth-order valence-electron chi connectivity index (χ4n) is 3.49. The van der Waals surface area contributed by atoms with Gasteiger partial charge in [0.25, 0.3) is 0 Å². The van der Waals surface area contributed by atoms with Crippen LogP contribution in [-0.4, -0.2) is 52.3 Å². The van der Waals surface area contributed by atoms with Crippen LogP contribution in [0, 0.1) is 0 Å². The van der Waals surface area contributed by atoms with Gasteiger partial charge in [-0.25, -0.2) is 9.97 Å². The summed E-state index contributed by atoms with van der Waals surface area (Å²) in [5.74, 6) is 1.25. The van der Waals surface area contributed by atoms with Gasteiger partial charge in [-0.05, 0) is 18.9 Å². The lowest BCUT2D eigenvalue weighted by atomic mass is 10.2. The third-order valence-electron chi connectivity index (χ3n) is 5.24. The second-order valence-electron chi connectivity index (χ2n) is 7.35. The number of hydrogen-bond donors (Lipinski definition) is 1. The Bertz CT molecular complexity index is 876. The van der Waals surface area contributed by atoms with Crippen molar-refractivity contribution in [1.29, 1.82) is 0 Å². The summed E-state index contributed by atoms with van der Waals surface area (Å²) in [7, 11) is 0. The van der Waals surface area contributed by atoms with E-state index >= 15 is 0 Å². The molecule has 2 aromatic heterocycles. The fourth-order valence-corrected chi connectivity index (χ4v) is 3.49. The van der Waals surface area contributed by atoms with Gasteiger partial charge >= 0.3 is 6.61 Å². The molecule has 0 unspecified atom stereocenters. The zero-order chi connectivity index (χ0) is 20.4. The van der Waals surface area contributed by atoms with E-state index in [2.05, 4.69) is 25.8 Å². The van der Waals surface area contributed by atoms with Crippen molar-refractivity contribution in [3.05, 3.63) is 36.6 Å². The number of ether oxygens (including phenoxy) is 2. The highest BCUT2D eigenvalue weighted by Gasteiger charge is 2.29. The average Bonchev–Trinajstić information content (AvgIpc) is 3.47. The molecular weight excluding hydrogens is 380 g/mol. The summed E-state index contributed by atoms with van der Waals surface area (Å²) < 4.78 is 37.2. The minimum Gasteiger partial charge on any atom is -0.431 e. The van der Waals surface area contributed by atoms with E-state index in [9.17, 15) is 8.78 Å². The number of morpholine rings is 1. The number of aryl methyl sites for hydroxylation is 1. The second kappa shape index (κ2) is 8.36. The molecule has 0 aromatic carbocycles. The quantitative estimate of drug-likeness (QED) is 0.727. The molecule has 156 valence electrons. The standard InChI is InChI=1S/C20H25F2N5O2/c1-13(26-6-8-28-9-7-26)4-5-27-12-16(25-19(27)14-2-3-14)15-10-17(29-20(21)22)18(23)24-11-15/h10-12,14,20H,1-9H2,(H2,23,24). The maximum absolute atomic E-state index is 12.6. The molecular formula is C20H25F2N5O2. The maximum atomic E-state index is 12.6. The molecule has 2 N–H and O–H groups in total. The third-order valence-corrected chi connectivity index (χ3v) is 5.24. The first-order valence-electron chi connectivity index (χ1n) is 9.79. The van der Waals surface area contributed by atoms with Crippen LogP contribution in [0.2, 0.25) is 0 Å². The smallest absolute Gasteiger partial charge is 0.387 e. The van der Waals surface area contributed by atoms with Gasteiger partial charge in [-0.1, -0.05) is 6.58 Å². The van der Waals surface area contributed by atoms with E-state index in [4.69, 9.17) is 15.5 Å². The van der Waals surface area contributed by atoms with Gasteiger partial charge < -0.3 is 24.7 Å². The highest BCUT2D eigenvalue weighted by molar-refractivity contribution is 5.63. The van der Waals surface area contributed by atoms with Crippen LogP contribution in [0.4, 0.5) is 14.6 Å². The predicted molar refractivity (Wildman–Crippen MR) is 105 cm³/mol. The first-order valence-corrected chi connectivity index (χ1v) is 9.79. The second-order valence-corrected chi connectivity index (χ2v) is 7.35. The minimum absolute atomic E-state index is 0.0716. The molecule has 4 rings (SSSR count). The number of nitrogen functional groups attached to an aromatic ring is 1. The third kappa shape index (κ3) is 4.67. The highest BCUT2D eigenvalue weighted by atomic mass is 19.3. The lowest BCUT2D eigenvalue weighted by Crippen LogP contribution is -2.35. The molecule has 1 aliphatic heterocycles. The number of nitrogens with zero attached hydrogens (tertiary/aromatic N) is 4. The zero-order valence-electron chi connectivity index (χ0n) is 16.2. The Balaban J connectivity index is 1.52. The number of halogens is 2. The van der Waals surface area contributed by atoms with Gasteiger partial charge in [-0.3, -0.25) is 0 Å². The molecule has 1 saturated heterocycles. The van der Waals surface area contributed by atoms with Crippen molar-refractivity contribution in [3.63, 3.8) is 0 Å². The first-order chi connectivity index (χ1) is 14.0. The Kier molecular flexibility index (Phi) is 5.66. The van der Waals surface area contributed by atoms with E-state index in [0.29, 0.717) is 17.2 Å². The van der Waals surface area contributed by atoms with E-state index in [1.54, 1.807) is 0 Å². The molecule has 2 aromatic rings. The van der Waals surface area contributed by atoms with Crippen molar-refractivity contribution >= 4 is 5.82 Å². The van der Waals surface area contributed by atoms with Crippen molar-refractivity contribution in [2.75, 3.05) is 32.0 Å². The van der Waals surface area contributed by atoms with Gasteiger partial charge in [0.2, 0.25) is 0 Å². The Hall–Kier alpha value is -2.68. The fraction of sp³-hybridized carbons (Fsp3) is 0.500. The Morgan fingerprint density at radius 1 is 1.34 bits per heavy atom. The molecule has 9 heteroatoms. The minimum atomic E-state index is -2.96. The molecule has 3 heterocycles. The van der Waals surface area contributed by atoms with Crippen LogP contribution >= 0.6 is 0 Å². The van der Waals surface area contributed by atoms with Crippen LogP contribution in [0.5, 0.6) is 5.75 Å². The molecule has 2 aliphatic rings. The first kappa shape index (κ1) is 19.6. The van der Waals surface area contributed by atoms with Crippen LogP contribution < -0.4 is 10.5 Å². The number of anilines is 1. The molecule has 0 amide bonds. The largest absolute Gasteiger partial charge is 0.431 e. The van der Waals surface area contributed by atoms with E-state index in [1.807, 2.05) is 6.20 Å². The number of imidazole rings is 1. The predicted octanol–water partition coefficient (Wildman–Crippen LogP) is 3.24. The van der Waals surface area contributed by atoms with Gasteiger partial charge in [0.15, 0.2) is 11.6 Å². The molecule has 0 spiro atoms. The van der Waals surface area contributed by atoms with Crippen LogP contribution in [0.15, 0.2) is 30.7 Å².